The van der Waals surface area contributed by atoms with E-state index in [1.165, 1.54) is 11.3 Å². The quantitative estimate of drug-likeness (QED) is 0.450. The molecule has 0 aliphatic carbocycles. The van der Waals surface area contributed by atoms with Gasteiger partial charge < -0.3 is 5.32 Å². The number of anilines is 2. The summed E-state index contributed by atoms with van der Waals surface area (Å²) in [6.45, 7) is 0. The molecule has 2 heterocycles. The van der Waals surface area contributed by atoms with E-state index in [9.17, 15) is 4.79 Å². The van der Waals surface area contributed by atoms with Crippen LogP contribution in [0.15, 0.2) is 48.5 Å². The van der Waals surface area contributed by atoms with Crippen LogP contribution in [-0.4, -0.2) is 29.8 Å². The zero-order valence-electron chi connectivity index (χ0n) is 12.0. The molecule has 0 fully saturated rings. The Labute approximate surface area is 142 Å². The fourth-order valence-corrected chi connectivity index (χ4v) is 4.29. The van der Waals surface area contributed by atoms with E-state index < -0.39 is 0 Å². The van der Waals surface area contributed by atoms with Gasteiger partial charge in [0.05, 0.1) is 40.2 Å². The van der Waals surface area contributed by atoms with Gasteiger partial charge in [-0.15, -0.1) is 0 Å². The number of benzene rings is 2. The fraction of sp³-hybridized carbons (Fsp3) is 0.176. The van der Waals surface area contributed by atoms with Crippen molar-refractivity contribution in [1.82, 2.24) is 0 Å². The van der Waals surface area contributed by atoms with Gasteiger partial charge in [0.15, 0.2) is 6.21 Å². The fourth-order valence-electron chi connectivity index (χ4n) is 3.27. The van der Waals surface area contributed by atoms with Gasteiger partial charge in [-0.05, 0) is 12.1 Å². The SMILES string of the molecule is C[N+]1=CC(C2C(=O)Nc3ccccc3N2I)c2ccccc21. The van der Waals surface area contributed by atoms with Crippen LogP contribution in [0.1, 0.15) is 11.5 Å². The summed E-state index contributed by atoms with van der Waals surface area (Å²) in [6, 6.07) is 15.9. The highest BCUT2D eigenvalue weighted by Gasteiger charge is 2.43. The summed E-state index contributed by atoms with van der Waals surface area (Å²) in [5, 5.41) is 3.04. The van der Waals surface area contributed by atoms with Crippen molar-refractivity contribution in [3.8, 4) is 0 Å². The third kappa shape index (κ3) is 1.95. The maximum Gasteiger partial charge on any atom is 0.249 e. The first-order valence-corrected chi connectivity index (χ1v) is 8.15. The molecule has 1 N–H and O–H groups in total. The predicted octanol–water partition coefficient (Wildman–Crippen LogP) is 3.31. The lowest BCUT2D eigenvalue weighted by Gasteiger charge is -2.35. The van der Waals surface area contributed by atoms with E-state index in [1.807, 2.05) is 43.4 Å². The smallest absolute Gasteiger partial charge is 0.249 e. The van der Waals surface area contributed by atoms with Gasteiger partial charge in [-0.3, -0.25) is 7.91 Å². The molecule has 2 aromatic carbocycles. The maximum atomic E-state index is 12.7. The highest BCUT2D eigenvalue weighted by molar-refractivity contribution is 14.1. The second kappa shape index (κ2) is 5.08. The molecule has 4 rings (SSSR count). The molecule has 110 valence electrons. The van der Waals surface area contributed by atoms with Crippen molar-refractivity contribution >= 4 is 52.0 Å². The van der Waals surface area contributed by atoms with Gasteiger partial charge in [0.25, 0.3) is 0 Å². The number of fused-ring (bicyclic) bond motifs is 2. The minimum atomic E-state index is -0.249. The first kappa shape index (κ1) is 13.8. The molecule has 2 aliphatic rings. The molecule has 0 aromatic heterocycles. The zero-order chi connectivity index (χ0) is 15.3. The summed E-state index contributed by atoms with van der Waals surface area (Å²) in [4.78, 5) is 12.7. The van der Waals surface area contributed by atoms with Gasteiger partial charge in [-0.1, -0.05) is 30.3 Å². The number of hydrogen-bond donors (Lipinski definition) is 1. The van der Waals surface area contributed by atoms with Gasteiger partial charge >= 0.3 is 0 Å². The minimum absolute atomic E-state index is 0.0412. The van der Waals surface area contributed by atoms with E-state index in [0.29, 0.717) is 0 Å². The van der Waals surface area contributed by atoms with Crippen LogP contribution in [0.4, 0.5) is 17.1 Å². The molecule has 0 saturated carbocycles. The van der Waals surface area contributed by atoms with Crippen molar-refractivity contribution in [2.45, 2.75) is 12.0 Å². The Morgan fingerprint density at radius 3 is 2.73 bits per heavy atom. The molecular formula is C17H15IN3O+. The molecule has 4 nitrogen and oxygen atoms in total. The van der Waals surface area contributed by atoms with Gasteiger partial charge in [0.1, 0.15) is 13.1 Å². The largest absolute Gasteiger partial charge is 0.322 e. The summed E-state index contributed by atoms with van der Waals surface area (Å²) in [5.74, 6) is 0.0888. The number of hydrogen-bond acceptors (Lipinski definition) is 2. The van der Waals surface area contributed by atoms with Crippen molar-refractivity contribution in [3.05, 3.63) is 54.1 Å². The number of nitrogens with one attached hydrogen (secondary N) is 1. The zero-order valence-corrected chi connectivity index (χ0v) is 14.2. The molecule has 0 saturated heterocycles. The third-order valence-electron chi connectivity index (χ3n) is 4.31. The second-order valence-electron chi connectivity index (χ2n) is 5.61. The average molecular weight is 404 g/mol. The Morgan fingerprint density at radius 1 is 1.14 bits per heavy atom. The maximum absolute atomic E-state index is 12.7. The molecule has 0 spiro atoms. The lowest BCUT2D eigenvalue weighted by molar-refractivity contribution is -0.396. The van der Waals surface area contributed by atoms with Crippen molar-refractivity contribution < 1.29 is 9.37 Å². The molecule has 2 aliphatic heterocycles. The Bertz CT molecular complexity index is 802. The highest BCUT2D eigenvalue weighted by atomic mass is 127. The number of para-hydroxylation sites is 3. The van der Waals surface area contributed by atoms with Crippen LogP contribution in [0.3, 0.4) is 0 Å². The average Bonchev–Trinajstić information content (AvgIpc) is 2.85. The molecular weight excluding hydrogens is 389 g/mol. The molecule has 22 heavy (non-hydrogen) atoms. The summed E-state index contributed by atoms with van der Waals surface area (Å²) in [6.07, 6.45) is 2.13. The van der Waals surface area contributed by atoms with E-state index in [1.54, 1.807) is 0 Å². The van der Waals surface area contributed by atoms with Crippen LogP contribution in [-0.2, 0) is 4.79 Å². The molecule has 5 heteroatoms. The summed E-state index contributed by atoms with van der Waals surface area (Å²) in [7, 11) is 2.03. The Balaban J connectivity index is 1.80. The standard InChI is InChI=1S/C17H14IN3O/c1-20-10-12(11-6-2-4-8-14(11)20)16-17(22)19-13-7-3-5-9-15(13)21(16)18/h2-10,12,16H,1H3/p+1. The topological polar surface area (TPSA) is 35.4 Å². The van der Waals surface area contributed by atoms with E-state index in [2.05, 4.69) is 54.2 Å². The van der Waals surface area contributed by atoms with E-state index >= 15 is 0 Å². The van der Waals surface area contributed by atoms with Gasteiger partial charge in [0.2, 0.25) is 11.6 Å². The first-order valence-electron chi connectivity index (χ1n) is 7.18. The molecule has 1 amide bonds. The van der Waals surface area contributed by atoms with Crippen molar-refractivity contribution in [2.24, 2.45) is 0 Å². The van der Waals surface area contributed by atoms with Gasteiger partial charge in [0, 0.05) is 11.6 Å². The normalized spacial score (nSPS) is 22.7. The lowest BCUT2D eigenvalue weighted by atomic mass is 9.91. The van der Waals surface area contributed by atoms with Crippen LogP contribution in [0.5, 0.6) is 0 Å². The first-order chi connectivity index (χ1) is 10.7. The summed E-state index contributed by atoms with van der Waals surface area (Å²) < 4.78 is 4.17. The number of amides is 1. The van der Waals surface area contributed by atoms with Crippen LogP contribution in [0.2, 0.25) is 0 Å². The monoisotopic (exact) mass is 404 g/mol. The molecule has 0 radical (unpaired) electrons. The molecule has 2 atom stereocenters. The molecule has 2 aromatic rings. The Kier molecular flexibility index (Phi) is 3.18. The van der Waals surface area contributed by atoms with Crippen LogP contribution < -0.4 is 8.43 Å². The van der Waals surface area contributed by atoms with Crippen molar-refractivity contribution in [1.29, 1.82) is 0 Å². The number of carbonyl (C=O) groups is 1. The Hall–Kier alpha value is -1.89. The van der Waals surface area contributed by atoms with Gasteiger partial charge in [-0.2, -0.15) is 0 Å². The van der Waals surface area contributed by atoms with Gasteiger partial charge in [-0.25, -0.2) is 4.58 Å². The van der Waals surface area contributed by atoms with Crippen molar-refractivity contribution in [3.63, 3.8) is 0 Å². The second-order valence-corrected chi connectivity index (χ2v) is 6.65. The van der Waals surface area contributed by atoms with Crippen LogP contribution >= 0.6 is 22.9 Å². The molecule has 0 bridgehead atoms. The lowest BCUT2D eigenvalue weighted by Crippen LogP contribution is -2.46. The minimum Gasteiger partial charge on any atom is -0.322 e. The van der Waals surface area contributed by atoms with Crippen molar-refractivity contribution in [2.75, 3.05) is 15.5 Å². The number of rotatable bonds is 1. The number of halogens is 1. The third-order valence-corrected chi connectivity index (χ3v) is 5.43. The predicted molar refractivity (Wildman–Crippen MR) is 96.5 cm³/mol. The highest BCUT2D eigenvalue weighted by Crippen LogP contribution is 2.42. The number of nitrogens with zero attached hydrogens (tertiary/aromatic N) is 2. The van der Waals surface area contributed by atoms with Crippen LogP contribution in [0.25, 0.3) is 0 Å². The van der Waals surface area contributed by atoms with Crippen LogP contribution in [0, 0.1) is 0 Å². The van der Waals surface area contributed by atoms with E-state index in [-0.39, 0.29) is 17.9 Å². The summed E-state index contributed by atoms with van der Waals surface area (Å²) >= 11 is 2.26. The van der Waals surface area contributed by atoms with E-state index in [4.69, 9.17) is 0 Å². The summed E-state index contributed by atoms with van der Waals surface area (Å²) in [5.41, 5.74) is 4.29. The van der Waals surface area contributed by atoms with E-state index in [0.717, 1.165) is 11.4 Å². The Morgan fingerprint density at radius 2 is 1.86 bits per heavy atom. The number of carbonyl (C=O) groups excluding carboxylic acids is 1. The molecule has 2 unspecified atom stereocenters.